The number of benzene rings is 1. The predicted molar refractivity (Wildman–Crippen MR) is 61.7 cm³/mol. The highest BCUT2D eigenvalue weighted by atomic mass is 19.1. The monoisotopic (exact) mass is 234 g/mol. The minimum atomic E-state index is -0.356. The molecule has 0 radical (unpaired) electrons. The lowest BCUT2D eigenvalue weighted by atomic mass is 10.1. The van der Waals surface area contributed by atoms with Gasteiger partial charge < -0.3 is 10.1 Å². The summed E-state index contributed by atoms with van der Waals surface area (Å²) >= 11 is 0. The van der Waals surface area contributed by atoms with Crippen molar-refractivity contribution < 1.29 is 9.13 Å². The Hall–Kier alpha value is -1.44. The topological polar surface area (TPSA) is 45.0 Å². The van der Waals surface area contributed by atoms with E-state index in [9.17, 15) is 4.39 Å². The Morgan fingerprint density at radius 2 is 2.35 bits per heavy atom. The highest BCUT2D eigenvalue weighted by Gasteiger charge is 2.14. The minimum absolute atomic E-state index is 0.356. The Bertz CT molecular complexity index is 422. The van der Waals surface area contributed by atoms with E-state index in [1.807, 2.05) is 6.07 Å². The molecule has 0 aromatic heterocycles. The van der Waals surface area contributed by atoms with Gasteiger partial charge in [0, 0.05) is 19.7 Å². The first-order chi connectivity index (χ1) is 8.28. The van der Waals surface area contributed by atoms with Gasteiger partial charge in [-0.1, -0.05) is 0 Å². The molecule has 1 unspecified atom stereocenters. The van der Waals surface area contributed by atoms with Crippen LogP contribution in [0.1, 0.15) is 17.5 Å². The summed E-state index contributed by atoms with van der Waals surface area (Å²) in [5, 5.41) is 12.0. The van der Waals surface area contributed by atoms with Crippen molar-refractivity contribution in [3.63, 3.8) is 0 Å². The maximum atomic E-state index is 13.1. The Balaban J connectivity index is 1.85. The van der Waals surface area contributed by atoms with Gasteiger partial charge in [0.25, 0.3) is 0 Å². The lowest BCUT2D eigenvalue weighted by Gasteiger charge is -2.09. The average molecular weight is 234 g/mol. The number of rotatable bonds is 4. The van der Waals surface area contributed by atoms with E-state index < -0.39 is 0 Å². The molecule has 1 fully saturated rings. The maximum absolute atomic E-state index is 13.1. The first-order valence-corrected chi connectivity index (χ1v) is 5.76. The van der Waals surface area contributed by atoms with E-state index in [-0.39, 0.29) is 5.82 Å². The summed E-state index contributed by atoms with van der Waals surface area (Å²) in [7, 11) is 0. The summed E-state index contributed by atoms with van der Waals surface area (Å²) in [6.07, 6.45) is 1.08. The normalized spacial score (nSPS) is 19.2. The van der Waals surface area contributed by atoms with Crippen molar-refractivity contribution >= 4 is 0 Å². The van der Waals surface area contributed by atoms with Gasteiger partial charge in [0.05, 0.1) is 18.2 Å². The Labute approximate surface area is 100 Å². The second-order valence-corrected chi connectivity index (χ2v) is 4.32. The third-order valence-electron chi connectivity index (χ3n) is 2.87. The molecule has 1 saturated heterocycles. The van der Waals surface area contributed by atoms with Crippen molar-refractivity contribution in [1.82, 2.24) is 5.32 Å². The van der Waals surface area contributed by atoms with Crippen LogP contribution in [0.25, 0.3) is 0 Å². The quantitative estimate of drug-likeness (QED) is 0.864. The molecule has 2 rings (SSSR count). The summed E-state index contributed by atoms with van der Waals surface area (Å²) < 4.78 is 18.4. The zero-order chi connectivity index (χ0) is 12.1. The zero-order valence-electron chi connectivity index (χ0n) is 9.58. The van der Waals surface area contributed by atoms with Crippen LogP contribution in [0.3, 0.4) is 0 Å². The molecule has 0 spiro atoms. The number of hydrogen-bond acceptors (Lipinski definition) is 3. The van der Waals surface area contributed by atoms with Gasteiger partial charge in [-0.2, -0.15) is 5.26 Å². The zero-order valence-corrected chi connectivity index (χ0v) is 9.58. The molecular formula is C13H15FN2O. The maximum Gasteiger partial charge on any atom is 0.124 e. The molecule has 0 bridgehead atoms. The lowest BCUT2D eigenvalue weighted by Crippen LogP contribution is -2.22. The third kappa shape index (κ3) is 3.52. The standard InChI is InChI=1S/C13H15FN2O/c14-13-4-11(6-15)3-12(5-13)8-16-7-10-1-2-17-9-10/h3-5,10,16H,1-2,7-9H2. The summed E-state index contributed by atoms with van der Waals surface area (Å²) in [4.78, 5) is 0. The molecule has 1 aliphatic heterocycles. The average Bonchev–Trinajstić information content (AvgIpc) is 2.81. The number of hydrogen-bond donors (Lipinski definition) is 1. The first kappa shape index (κ1) is 12.0. The van der Waals surface area contributed by atoms with Crippen molar-refractivity contribution in [3.05, 3.63) is 35.1 Å². The van der Waals surface area contributed by atoms with Crippen LogP contribution >= 0.6 is 0 Å². The van der Waals surface area contributed by atoms with Crippen LogP contribution in [-0.4, -0.2) is 19.8 Å². The molecule has 90 valence electrons. The Kier molecular flexibility index (Phi) is 4.08. The van der Waals surface area contributed by atoms with Gasteiger partial charge in [0.1, 0.15) is 5.82 Å². The fourth-order valence-electron chi connectivity index (χ4n) is 1.98. The SMILES string of the molecule is N#Cc1cc(F)cc(CNCC2CCOC2)c1. The molecule has 1 aromatic carbocycles. The molecule has 3 nitrogen and oxygen atoms in total. The highest BCUT2D eigenvalue weighted by Crippen LogP contribution is 2.12. The molecule has 1 aromatic rings. The minimum Gasteiger partial charge on any atom is -0.381 e. The van der Waals surface area contributed by atoms with Crippen LogP contribution in [0.15, 0.2) is 18.2 Å². The molecule has 1 heterocycles. The van der Waals surface area contributed by atoms with E-state index in [1.54, 1.807) is 6.07 Å². The van der Waals surface area contributed by atoms with Gasteiger partial charge in [-0.15, -0.1) is 0 Å². The second kappa shape index (κ2) is 5.76. The van der Waals surface area contributed by atoms with Gasteiger partial charge in [-0.3, -0.25) is 0 Å². The number of nitriles is 1. The van der Waals surface area contributed by atoms with Gasteiger partial charge >= 0.3 is 0 Å². The third-order valence-corrected chi connectivity index (χ3v) is 2.87. The largest absolute Gasteiger partial charge is 0.381 e. The van der Waals surface area contributed by atoms with E-state index in [0.717, 1.165) is 31.7 Å². The predicted octanol–water partition coefficient (Wildman–Crippen LogP) is 1.82. The lowest BCUT2D eigenvalue weighted by molar-refractivity contribution is 0.185. The van der Waals surface area contributed by atoms with Crippen molar-refractivity contribution in [2.24, 2.45) is 5.92 Å². The number of nitrogens with zero attached hydrogens (tertiary/aromatic N) is 1. The highest BCUT2D eigenvalue weighted by molar-refractivity contribution is 5.33. The van der Waals surface area contributed by atoms with Crippen LogP contribution in [0.2, 0.25) is 0 Å². The fraction of sp³-hybridized carbons (Fsp3) is 0.462. The Morgan fingerprint density at radius 3 is 3.06 bits per heavy atom. The summed E-state index contributed by atoms with van der Waals surface area (Å²) in [5.74, 6) is 0.198. The van der Waals surface area contributed by atoms with Gasteiger partial charge in [-0.25, -0.2) is 4.39 Å². The van der Waals surface area contributed by atoms with Crippen molar-refractivity contribution in [2.45, 2.75) is 13.0 Å². The summed E-state index contributed by atoms with van der Waals surface area (Å²) in [5.41, 5.74) is 1.17. The summed E-state index contributed by atoms with van der Waals surface area (Å²) in [6, 6.07) is 6.36. The van der Waals surface area contributed by atoms with Gasteiger partial charge in [-0.05, 0) is 36.1 Å². The first-order valence-electron chi connectivity index (χ1n) is 5.76. The fourth-order valence-corrected chi connectivity index (χ4v) is 1.98. The van der Waals surface area contributed by atoms with Crippen LogP contribution in [0.4, 0.5) is 4.39 Å². The molecule has 1 atom stereocenters. The number of nitrogens with one attached hydrogen (secondary N) is 1. The molecule has 1 aliphatic rings. The molecule has 4 heteroatoms. The second-order valence-electron chi connectivity index (χ2n) is 4.32. The van der Waals surface area contributed by atoms with Gasteiger partial charge in [0.15, 0.2) is 0 Å². The molecule has 17 heavy (non-hydrogen) atoms. The van der Waals surface area contributed by atoms with Crippen LogP contribution in [0.5, 0.6) is 0 Å². The van der Waals surface area contributed by atoms with E-state index in [1.165, 1.54) is 12.1 Å². The van der Waals surface area contributed by atoms with E-state index in [2.05, 4.69) is 5.32 Å². The molecule has 0 aliphatic carbocycles. The summed E-state index contributed by atoms with van der Waals surface area (Å²) in [6.45, 7) is 3.10. The van der Waals surface area contributed by atoms with Crippen LogP contribution < -0.4 is 5.32 Å². The van der Waals surface area contributed by atoms with Gasteiger partial charge in [0.2, 0.25) is 0 Å². The van der Waals surface area contributed by atoms with Crippen molar-refractivity contribution in [1.29, 1.82) is 5.26 Å². The molecule has 1 N–H and O–H groups in total. The van der Waals surface area contributed by atoms with Crippen LogP contribution in [0, 0.1) is 23.1 Å². The number of ether oxygens (including phenoxy) is 1. The number of halogens is 1. The van der Waals surface area contributed by atoms with E-state index >= 15 is 0 Å². The molecule has 0 amide bonds. The van der Waals surface area contributed by atoms with Crippen LogP contribution in [-0.2, 0) is 11.3 Å². The van der Waals surface area contributed by atoms with E-state index in [0.29, 0.717) is 18.0 Å². The Morgan fingerprint density at radius 1 is 1.47 bits per heavy atom. The smallest absolute Gasteiger partial charge is 0.124 e. The van der Waals surface area contributed by atoms with Crippen molar-refractivity contribution in [2.75, 3.05) is 19.8 Å². The molecular weight excluding hydrogens is 219 g/mol. The van der Waals surface area contributed by atoms with Crippen molar-refractivity contribution in [3.8, 4) is 6.07 Å². The molecule has 0 saturated carbocycles. The van der Waals surface area contributed by atoms with E-state index in [4.69, 9.17) is 10.00 Å².